The van der Waals surface area contributed by atoms with E-state index in [-0.39, 0.29) is 11.8 Å². The van der Waals surface area contributed by atoms with E-state index in [2.05, 4.69) is 10.3 Å². The maximum absolute atomic E-state index is 11.4. The molecule has 0 aromatic carbocycles. The molecule has 7 heteroatoms. The van der Waals surface area contributed by atoms with Gasteiger partial charge in [0.25, 0.3) is 0 Å². The van der Waals surface area contributed by atoms with E-state index in [4.69, 9.17) is 0 Å². The number of carbonyl (C=O) groups excluding carboxylic acids is 1. The Hall–Kier alpha value is -1.54. The van der Waals surface area contributed by atoms with Gasteiger partial charge in [0.05, 0.1) is 12.2 Å². The van der Waals surface area contributed by atoms with Gasteiger partial charge in [-0.25, -0.2) is 4.99 Å². The number of nitrogens with zero attached hydrogens (tertiary/aromatic N) is 1. The summed E-state index contributed by atoms with van der Waals surface area (Å²) < 4.78 is 0. The van der Waals surface area contributed by atoms with Crippen LogP contribution < -0.4 is 5.32 Å². The van der Waals surface area contributed by atoms with E-state index in [0.29, 0.717) is 30.7 Å². The van der Waals surface area contributed by atoms with E-state index >= 15 is 0 Å². The molecule has 0 fully saturated rings. The molecule has 7 nitrogen and oxygen atoms in total. The zero-order valence-electron chi connectivity index (χ0n) is 15.1. The molecule has 5 unspecified atom stereocenters. The van der Waals surface area contributed by atoms with Crippen molar-refractivity contribution in [3.63, 3.8) is 0 Å². The highest BCUT2D eigenvalue weighted by atomic mass is 16.4. The first-order valence-corrected chi connectivity index (χ1v) is 8.75. The number of rotatable bonds is 9. The number of carbonyl (C=O) groups is 1. The van der Waals surface area contributed by atoms with E-state index in [1.165, 1.54) is 13.0 Å². The fraction of sp³-hybridized carbons (Fsp3) is 0.667. The van der Waals surface area contributed by atoms with Crippen molar-refractivity contribution in [2.24, 2.45) is 10.9 Å². The molecular weight excluding hydrogens is 324 g/mol. The van der Waals surface area contributed by atoms with Gasteiger partial charge in [-0.05, 0) is 38.2 Å². The van der Waals surface area contributed by atoms with Gasteiger partial charge in [-0.1, -0.05) is 26.3 Å². The SMILES string of the molecule is CCC(C)C(O)C(O)C(O)CCC/C=C1/C=CC(=O)N/C1=N/C(C)O. The Balaban J connectivity index is 2.56. The normalized spacial score (nSPS) is 24.0. The zero-order chi connectivity index (χ0) is 19.0. The molecule has 1 rings (SSSR count). The highest BCUT2D eigenvalue weighted by molar-refractivity contribution is 6.15. The van der Waals surface area contributed by atoms with Crippen molar-refractivity contribution in [1.82, 2.24) is 5.32 Å². The Kier molecular flexibility index (Phi) is 8.99. The molecule has 0 aromatic heterocycles. The molecule has 1 aliphatic heterocycles. The summed E-state index contributed by atoms with van der Waals surface area (Å²) in [5.74, 6) is -0.0635. The monoisotopic (exact) mass is 354 g/mol. The van der Waals surface area contributed by atoms with Crippen LogP contribution in [0.5, 0.6) is 0 Å². The Morgan fingerprint density at radius 1 is 1.16 bits per heavy atom. The quantitative estimate of drug-likeness (QED) is 0.389. The molecule has 0 spiro atoms. The minimum atomic E-state index is -1.16. The van der Waals surface area contributed by atoms with Crippen LogP contribution in [0.15, 0.2) is 28.8 Å². The number of unbranched alkanes of at least 4 members (excludes halogenated alkanes) is 1. The van der Waals surface area contributed by atoms with Gasteiger partial charge >= 0.3 is 0 Å². The summed E-state index contributed by atoms with van der Waals surface area (Å²) in [4.78, 5) is 15.3. The predicted molar refractivity (Wildman–Crippen MR) is 95.8 cm³/mol. The highest BCUT2D eigenvalue weighted by Gasteiger charge is 2.27. The van der Waals surface area contributed by atoms with Crippen molar-refractivity contribution >= 4 is 11.7 Å². The number of allylic oxidation sites excluding steroid dienone is 1. The molecule has 1 heterocycles. The highest BCUT2D eigenvalue weighted by Crippen LogP contribution is 2.17. The maximum Gasteiger partial charge on any atom is 0.249 e. The van der Waals surface area contributed by atoms with Crippen LogP contribution >= 0.6 is 0 Å². The van der Waals surface area contributed by atoms with Gasteiger partial charge in [0.15, 0.2) is 0 Å². The van der Waals surface area contributed by atoms with E-state index in [0.717, 1.165) is 6.42 Å². The second kappa shape index (κ2) is 10.5. The van der Waals surface area contributed by atoms with Gasteiger partial charge in [-0.2, -0.15) is 0 Å². The van der Waals surface area contributed by atoms with Crippen molar-refractivity contribution < 1.29 is 25.2 Å². The van der Waals surface area contributed by atoms with Crippen LogP contribution in [0.3, 0.4) is 0 Å². The molecule has 0 aromatic rings. The summed E-state index contributed by atoms with van der Waals surface area (Å²) in [7, 11) is 0. The lowest BCUT2D eigenvalue weighted by Gasteiger charge is -2.26. The van der Waals surface area contributed by atoms with Gasteiger partial charge in [-0.15, -0.1) is 0 Å². The maximum atomic E-state index is 11.4. The second-order valence-electron chi connectivity index (χ2n) is 6.46. The van der Waals surface area contributed by atoms with Crippen LogP contribution in [-0.2, 0) is 4.79 Å². The van der Waals surface area contributed by atoms with Crippen LogP contribution in [0.4, 0.5) is 0 Å². The molecule has 1 amide bonds. The summed E-state index contributed by atoms with van der Waals surface area (Å²) >= 11 is 0. The minimum Gasteiger partial charge on any atom is -0.390 e. The van der Waals surface area contributed by atoms with E-state index in [1.807, 2.05) is 19.9 Å². The molecule has 0 radical (unpaired) electrons. The number of hydrogen-bond acceptors (Lipinski definition) is 6. The Morgan fingerprint density at radius 2 is 1.84 bits per heavy atom. The Bertz CT molecular complexity index is 528. The average Bonchev–Trinajstić information content (AvgIpc) is 2.57. The third-order valence-corrected chi connectivity index (χ3v) is 4.28. The van der Waals surface area contributed by atoms with Crippen molar-refractivity contribution in [3.8, 4) is 0 Å². The molecule has 142 valence electrons. The lowest BCUT2D eigenvalue weighted by atomic mass is 9.92. The largest absolute Gasteiger partial charge is 0.390 e. The summed E-state index contributed by atoms with van der Waals surface area (Å²) in [6.07, 6.45) is 3.09. The van der Waals surface area contributed by atoms with E-state index < -0.39 is 24.5 Å². The molecule has 0 saturated heterocycles. The molecule has 5 N–H and O–H groups in total. The van der Waals surface area contributed by atoms with Gasteiger partial charge in [0.1, 0.15) is 18.2 Å². The van der Waals surface area contributed by atoms with Gasteiger partial charge in [-0.3, -0.25) is 4.79 Å². The van der Waals surface area contributed by atoms with Crippen LogP contribution in [0, 0.1) is 5.92 Å². The Morgan fingerprint density at radius 3 is 2.44 bits per heavy atom. The first-order chi connectivity index (χ1) is 11.8. The molecule has 1 aliphatic rings. The topological polar surface area (TPSA) is 122 Å². The number of aliphatic imine (C=N–C) groups is 1. The van der Waals surface area contributed by atoms with Crippen LogP contribution in [0.2, 0.25) is 0 Å². The minimum absolute atomic E-state index is 0.0815. The van der Waals surface area contributed by atoms with Crippen molar-refractivity contribution in [1.29, 1.82) is 0 Å². The van der Waals surface area contributed by atoms with Crippen LogP contribution in [0.1, 0.15) is 46.5 Å². The summed E-state index contributed by atoms with van der Waals surface area (Å²) in [6, 6.07) is 0. The van der Waals surface area contributed by atoms with Crippen LogP contribution in [-0.4, -0.2) is 56.7 Å². The smallest absolute Gasteiger partial charge is 0.249 e. The summed E-state index contributed by atoms with van der Waals surface area (Å²) in [6.45, 7) is 5.25. The number of amides is 1. The van der Waals surface area contributed by atoms with Gasteiger partial charge < -0.3 is 25.7 Å². The molecule has 25 heavy (non-hydrogen) atoms. The molecule has 0 saturated carbocycles. The molecule has 0 bridgehead atoms. The molecule has 0 aliphatic carbocycles. The predicted octanol–water partition coefficient (Wildman–Crippen LogP) is 0.635. The standard InChI is InChI=1S/C18H30N2O5/c1-4-11(2)16(24)17(25)14(22)8-6-5-7-13-9-10-15(23)20-18(13)19-12(3)21/h7,9-12,14,16-17,21-22,24-25H,4-6,8H2,1-3H3,(H,19,20,23)/b13-7-. The first kappa shape index (κ1) is 21.5. The summed E-state index contributed by atoms with van der Waals surface area (Å²) in [5, 5.41) is 41.9. The van der Waals surface area contributed by atoms with Crippen molar-refractivity contribution in [3.05, 3.63) is 23.8 Å². The number of aliphatic hydroxyl groups excluding tert-OH is 4. The molecule has 5 atom stereocenters. The molecular formula is C18H30N2O5. The summed E-state index contributed by atoms with van der Waals surface area (Å²) in [5.41, 5.74) is 0.690. The Labute approximate surface area is 148 Å². The van der Waals surface area contributed by atoms with Gasteiger partial charge in [0.2, 0.25) is 5.91 Å². The second-order valence-corrected chi connectivity index (χ2v) is 6.46. The number of amidine groups is 1. The van der Waals surface area contributed by atoms with Crippen molar-refractivity contribution in [2.75, 3.05) is 0 Å². The lowest BCUT2D eigenvalue weighted by Crippen LogP contribution is -2.40. The number of nitrogens with one attached hydrogen (secondary N) is 1. The number of hydrogen-bond donors (Lipinski definition) is 5. The van der Waals surface area contributed by atoms with Crippen LogP contribution in [0.25, 0.3) is 0 Å². The van der Waals surface area contributed by atoms with Gasteiger partial charge in [0, 0.05) is 11.6 Å². The van der Waals surface area contributed by atoms with Crippen molar-refractivity contribution in [2.45, 2.75) is 71.0 Å². The zero-order valence-corrected chi connectivity index (χ0v) is 15.1. The fourth-order valence-corrected chi connectivity index (χ4v) is 2.49. The van der Waals surface area contributed by atoms with E-state index in [9.17, 15) is 25.2 Å². The average molecular weight is 354 g/mol. The third-order valence-electron chi connectivity index (χ3n) is 4.28. The lowest BCUT2D eigenvalue weighted by molar-refractivity contribution is -0.115. The fourth-order valence-electron chi connectivity index (χ4n) is 2.49. The third kappa shape index (κ3) is 7.07. The van der Waals surface area contributed by atoms with E-state index in [1.54, 1.807) is 6.08 Å². The number of aliphatic hydroxyl groups is 4. The first-order valence-electron chi connectivity index (χ1n) is 8.75.